The van der Waals surface area contributed by atoms with Gasteiger partial charge in [-0.25, -0.2) is 0 Å². The second kappa shape index (κ2) is 8.90. The molecule has 4 heteroatoms. The van der Waals surface area contributed by atoms with Gasteiger partial charge in [0.25, 0.3) is 0 Å². The minimum atomic E-state index is 0.616. The van der Waals surface area contributed by atoms with Gasteiger partial charge in [-0.1, -0.05) is 19.1 Å². The van der Waals surface area contributed by atoms with Gasteiger partial charge in [-0.2, -0.15) is 0 Å². The van der Waals surface area contributed by atoms with Crippen molar-refractivity contribution in [2.45, 2.75) is 39.2 Å². The van der Waals surface area contributed by atoms with Crippen LogP contribution in [0.15, 0.2) is 0 Å². The summed E-state index contributed by atoms with van der Waals surface area (Å²) >= 11 is 4.87. The molecule has 2 N–H and O–H groups in total. The molecule has 0 heterocycles. The number of likely N-dealkylation sites (N-methyl/N-ethyl adjacent to an activating group) is 2. The van der Waals surface area contributed by atoms with Crippen LogP contribution in [0.3, 0.4) is 0 Å². The zero-order valence-electron chi connectivity index (χ0n) is 11.2. The van der Waals surface area contributed by atoms with Crippen molar-refractivity contribution in [2.75, 3.05) is 33.7 Å². The van der Waals surface area contributed by atoms with Crippen LogP contribution in [0.5, 0.6) is 0 Å². The highest BCUT2D eigenvalue weighted by Crippen LogP contribution is 2.04. The zero-order chi connectivity index (χ0) is 12.6. The van der Waals surface area contributed by atoms with E-state index in [2.05, 4.69) is 37.7 Å². The summed E-state index contributed by atoms with van der Waals surface area (Å²) in [5.41, 5.74) is 5.48. The monoisotopic (exact) mass is 245 g/mol. The van der Waals surface area contributed by atoms with E-state index in [1.54, 1.807) is 0 Å². The van der Waals surface area contributed by atoms with Crippen molar-refractivity contribution in [1.82, 2.24) is 9.80 Å². The summed E-state index contributed by atoms with van der Waals surface area (Å²) < 4.78 is 0. The van der Waals surface area contributed by atoms with Crippen molar-refractivity contribution < 1.29 is 0 Å². The lowest BCUT2D eigenvalue weighted by molar-refractivity contribution is 0.179. The maximum absolute atomic E-state index is 5.48. The van der Waals surface area contributed by atoms with E-state index in [1.165, 1.54) is 6.42 Å². The first-order valence-corrected chi connectivity index (χ1v) is 6.55. The Morgan fingerprint density at radius 1 is 1.31 bits per heavy atom. The summed E-state index contributed by atoms with van der Waals surface area (Å²) in [4.78, 5) is 5.39. The van der Waals surface area contributed by atoms with Gasteiger partial charge in [-0.3, -0.25) is 4.90 Å². The van der Waals surface area contributed by atoms with Gasteiger partial charge in [0.05, 0.1) is 4.99 Å². The molecule has 0 aliphatic carbocycles. The number of nitrogens with zero attached hydrogens (tertiary/aromatic N) is 2. The molecule has 0 amide bonds. The van der Waals surface area contributed by atoms with Gasteiger partial charge >= 0.3 is 0 Å². The van der Waals surface area contributed by atoms with E-state index in [1.807, 2.05) is 0 Å². The average molecular weight is 245 g/mol. The Morgan fingerprint density at radius 2 is 1.94 bits per heavy atom. The van der Waals surface area contributed by atoms with E-state index in [-0.39, 0.29) is 0 Å². The molecule has 0 aromatic carbocycles. The fourth-order valence-electron chi connectivity index (χ4n) is 1.95. The largest absolute Gasteiger partial charge is 0.393 e. The third-order valence-electron chi connectivity index (χ3n) is 2.78. The van der Waals surface area contributed by atoms with E-state index in [0.717, 1.165) is 32.5 Å². The van der Waals surface area contributed by atoms with Crippen LogP contribution in [-0.2, 0) is 0 Å². The summed E-state index contributed by atoms with van der Waals surface area (Å²) in [6.07, 6.45) is 3.18. The third kappa shape index (κ3) is 8.02. The van der Waals surface area contributed by atoms with Gasteiger partial charge in [0, 0.05) is 12.6 Å². The van der Waals surface area contributed by atoms with E-state index < -0.39 is 0 Å². The Labute approximate surface area is 106 Å². The number of hydrogen-bond acceptors (Lipinski definition) is 3. The van der Waals surface area contributed by atoms with Crippen LogP contribution in [0.1, 0.15) is 33.1 Å². The summed E-state index contributed by atoms with van der Waals surface area (Å²) in [5.74, 6) is 0. The first-order valence-electron chi connectivity index (χ1n) is 6.14. The highest BCUT2D eigenvalue weighted by molar-refractivity contribution is 7.80. The molecule has 0 aliphatic rings. The number of unbranched alkanes of at least 4 members (excludes halogenated alkanes) is 1. The lowest BCUT2D eigenvalue weighted by Gasteiger charge is -2.29. The molecule has 0 aromatic heterocycles. The molecule has 0 bridgehead atoms. The molecule has 0 aromatic rings. The fourth-order valence-corrected chi connectivity index (χ4v) is 2.09. The Balaban J connectivity index is 3.77. The van der Waals surface area contributed by atoms with Crippen LogP contribution in [0.2, 0.25) is 0 Å². The Morgan fingerprint density at radius 3 is 2.38 bits per heavy atom. The maximum Gasteiger partial charge on any atom is 0.0727 e. The molecule has 16 heavy (non-hydrogen) atoms. The number of thiocarbonyl (C=S) groups is 1. The summed E-state index contributed by atoms with van der Waals surface area (Å²) in [6, 6.07) is 0.616. The predicted octanol–water partition coefficient (Wildman–Crippen LogP) is 1.71. The number of hydrogen-bond donors (Lipinski definition) is 1. The van der Waals surface area contributed by atoms with Crippen LogP contribution in [0, 0.1) is 0 Å². The Kier molecular flexibility index (Phi) is 8.80. The first kappa shape index (κ1) is 15.8. The quantitative estimate of drug-likeness (QED) is 0.495. The van der Waals surface area contributed by atoms with Crippen molar-refractivity contribution in [2.24, 2.45) is 5.73 Å². The fraction of sp³-hybridized carbons (Fsp3) is 0.917. The molecule has 3 nitrogen and oxygen atoms in total. The van der Waals surface area contributed by atoms with Crippen LogP contribution in [0.4, 0.5) is 0 Å². The topological polar surface area (TPSA) is 32.5 Å². The minimum absolute atomic E-state index is 0.616. The van der Waals surface area contributed by atoms with Gasteiger partial charge in [-0.15, -0.1) is 0 Å². The van der Waals surface area contributed by atoms with Crippen molar-refractivity contribution in [1.29, 1.82) is 0 Å². The van der Waals surface area contributed by atoms with E-state index >= 15 is 0 Å². The standard InChI is InChI=1S/C12H27N3S/c1-5-15(11(2)10-14(3)4)9-7-6-8-12(13)16/h11H,5-10H2,1-4H3,(H2,13,16). The minimum Gasteiger partial charge on any atom is -0.393 e. The molecule has 0 aliphatic heterocycles. The van der Waals surface area contributed by atoms with Gasteiger partial charge in [0.1, 0.15) is 0 Å². The predicted molar refractivity (Wildman–Crippen MR) is 75.9 cm³/mol. The molecular formula is C12H27N3S. The van der Waals surface area contributed by atoms with Gasteiger partial charge in [-0.05, 0) is 53.4 Å². The third-order valence-corrected chi connectivity index (χ3v) is 2.98. The van der Waals surface area contributed by atoms with Crippen LogP contribution < -0.4 is 5.73 Å². The molecule has 96 valence electrons. The van der Waals surface area contributed by atoms with Crippen molar-refractivity contribution >= 4 is 17.2 Å². The zero-order valence-corrected chi connectivity index (χ0v) is 12.0. The highest BCUT2D eigenvalue weighted by Gasteiger charge is 2.11. The lowest BCUT2D eigenvalue weighted by Crippen LogP contribution is -2.40. The van der Waals surface area contributed by atoms with Gasteiger partial charge in [0.15, 0.2) is 0 Å². The first-order chi connectivity index (χ1) is 7.47. The van der Waals surface area contributed by atoms with Gasteiger partial charge in [0.2, 0.25) is 0 Å². The molecular weight excluding hydrogens is 218 g/mol. The SMILES string of the molecule is CCN(CCCCC(N)=S)C(C)CN(C)C. The maximum atomic E-state index is 5.48. The Hall–Kier alpha value is -0.190. The van der Waals surface area contributed by atoms with Crippen molar-refractivity contribution in [3.63, 3.8) is 0 Å². The Bertz CT molecular complexity index is 195. The smallest absolute Gasteiger partial charge is 0.0727 e. The van der Waals surface area contributed by atoms with E-state index in [4.69, 9.17) is 18.0 Å². The van der Waals surface area contributed by atoms with Crippen molar-refractivity contribution in [3.8, 4) is 0 Å². The van der Waals surface area contributed by atoms with Crippen LogP contribution in [0.25, 0.3) is 0 Å². The molecule has 0 radical (unpaired) electrons. The highest BCUT2D eigenvalue weighted by atomic mass is 32.1. The lowest BCUT2D eigenvalue weighted by atomic mass is 10.2. The molecule has 1 atom stereocenters. The van der Waals surface area contributed by atoms with Gasteiger partial charge < -0.3 is 10.6 Å². The molecule has 0 saturated carbocycles. The molecule has 0 saturated heterocycles. The average Bonchev–Trinajstić information content (AvgIpc) is 2.16. The molecule has 0 rings (SSSR count). The molecule has 0 fully saturated rings. The van der Waals surface area contributed by atoms with Crippen LogP contribution in [-0.4, -0.2) is 54.6 Å². The molecule has 1 unspecified atom stereocenters. The number of nitrogens with two attached hydrogens (primary N) is 1. The second-order valence-corrected chi connectivity index (χ2v) is 5.19. The van der Waals surface area contributed by atoms with E-state index in [9.17, 15) is 0 Å². The van der Waals surface area contributed by atoms with Crippen LogP contribution >= 0.6 is 12.2 Å². The summed E-state index contributed by atoms with van der Waals surface area (Å²) in [7, 11) is 4.24. The second-order valence-electron chi connectivity index (χ2n) is 4.66. The van der Waals surface area contributed by atoms with E-state index in [0.29, 0.717) is 11.0 Å². The summed E-state index contributed by atoms with van der Waals surface area (Å²) in [6.45, 7) is 7.89. The normalized spacial score (nSPS) is 13.4. The summed E-state index contributed by atoms with van der Waals surface area (Å²) in [5, 5.41) is 0. The van der Waals surface area contributed by atoms with Crippen molar-refractivity contribution in [3.05, 3.63) is 0 Å². The number of rotatable bonds is 9. The molecule has 0 spiro atoms.